The molecule has 1 aromatic rings. The highest BCUT2D eigenvalue weighted by molar-refractivity contribution is 7.85. The molecule has 134 valence electrons. The van der Waals surface area contributed by atoms with E-state index in [0.717, 1.165) is 19.3 Å². The van der Waals surface area contributed by atoms with Crippen molar-refractivity contribution >= 4 is 15.8 Å². The summed E-state index contributed by atoms with van der Waals surface area (Å²) in [5.41, 5.74) is 0.693. The van der Waals surface area contributed by atoms with Crippen molar-refractivity contribution in [3.63, 3.8) is 0 Å². The molecule has 0 bridgehead atoms. The van der Waals surface area contributed by atoms with Crippen LogP contribution in [0.25, 0.3) is 4.98 Å². The molecule has 0 aliphatic heterocycles. The number of diazo groups is 1. The Morgan fingerprint density at radius 3 is 2.00 bits per heavy atom. The van der Waals surface area contributed by atoms with E-state index in [1.54, 1.807) is 12.1 Å². The molecular formula is C18H29N2O3S+. The predicted octanol–water partition coefficient (Wildman–Crippen LogP) is 5.88. The summed E-state index contributed by atoms with van der Waals surface area (Å²) < 4.78 is 32.2. The van der Waals surface area contributed by atoms with E-state index in [9.17, 15) is 13.0 Å². The highest BCUT2D eigenvalue weighted by Crippen LogP contribution is 2.24. The van der Waals surface area contributed by atoms with E-state index >= 15 is 0 Å². The maximum atomic E-state index is 11.4. The van der Waals surface area contributed by atoms with Crippen molar-refractivity contribution in [2.45, 2.75) is 82.4 Å². The molecule has 0 saturated heterocycles. The Hall–Kier alpha value is -1.45. The van der Waals surface area contributed by atoms with Crippen LogP contribution in [0.3, 0.4) is 0 Å². The summed E-state index contributed by atoms with van der Waals surface area (Å²) in [5.74, 6) is 0. The number of hydrogen-bond donors (Lipinski definition) is 1. The van der Waals surface area contributed by atoms with Gasteiger partial charge in [-0.05, 0) is 24.5 Å². The quantitative estimate of drug-likeness (QED) is 0.289. The molecule has 0 amide bonds. The van der Waals surface area contributed by atoms with Crippen LogP contribution >= 0.6 is 0 Å². The minimum Gasteiger partial charge on any atom is -0.282 e. The zero-order chi connectivity index (χ0) is 17.8. The standard InChI is InChI=1S/C18H28N2O3S/c1-2-3-4-5-6-7-8-9-10-11-12-16-13-14-17(20-19)15-18(16)24(21,22)23/h13-15H,2-12H2,1H3/p+1. The van der Waals surface area contributed by atoms with E-state index in [1.165, 1.54) is 51.0 Å². The van der Waals surface area contributed by atoms with Crippen LogP contribution < -0.4 is 0 Å². The monoisotopic (exact) mass is 353 g/mol. The van der Waals surface area contributed by atoms with Crippen molar-refractivity contribution in [3.8, 4) is 0 Å². The van der Waals surface area contributed by atoms with Gasteiger partial charge in [0.2, 0.25) is 5.39 Å². The van der Waals surface area contributed by atoms with Gasteiger partial charge in [-0.25, -0.2) is 0 Å². The molecule has 5 nitrogen and oxygen atoms in total. The maximum absolute atomic E-state index is 11.4. The third-order valence-electron chi connectivity index (χ3n) is 4.24. The molecule has 1 rings (SSSR count). The van der Waals surface area contributed by atoms with Crippen LogP contribution in [0.4, 0.5) is 5.69 Å². The Labute approximate surface area is 145 Å². The Morgan fingerprint density at radius 1 is 0.958 bits per heavy atom. The first-order chi connectivity index (χ1) is 11.5. The van der Waals surface area contributed by atoms with E-state index in [4.69, 9.17) is 5.39 Å². The number of hydrogen-bond acceptors (Lipinski definition) is 3. The second-order valence-electron chi connectivity index (χ2n) is 6.30. The van der Waals surface area contributed by atoms with E-state index < -0.39 is 10.1 Å². The lowest BCUT2D eigenvalue weighted by atomic mass is 10.0. The van der Waals surface area contributed by atoms with Crippen LogP contribution in [-0.4, -0.2) is 13.0 Å². The van der Waals surface area contributed by atoms with E-state index in [-0.39, 0.29) is 10.6 Å². The van der Waals surface area contributed by atoms with Gasteiger partial charge in [0.25, 0.3) is 10.1 Å². The molecule has 1 aromatic carbocycles. The van der Waals surface area contributed by atoms with Crippen molar-refractivity contribution in [3.05, 3.63) is 28.7 Å². The summed E-state index contributed by atoms with van der Waals surface area (Å²) in [4.78, 5) is 2.81. The summed E-state index contributed by atoms with van der Waals surface area (Å²) in [7, 11) is -4.30. The summed E-state index contributed by atoms with van der Waals surface area (Å²) in [5, 5.41) is 8.73. The zero-order valence-corrected chi connectivity index (χ0v) is 15.4. The highest BCUT2D eigenvalue weighted by Gasteiger charge is 2.19. The molecule has 0 radical (unpaired) electrons. The Kier molecular flexibility index (Phi) is 9.58. The van der Waals surface area contributed by atoms with Crippen LogP contribution in [0.1, 0.15) is 76.7 Å². The van der Waals surface area contributed by atoms with Crippen molar-refractivity contribution in [1.82, 2.24) is 0 Å². The lowest BCUT2D eigenvalue weighted by molar-refractivity contribution is 0.481. The molecule has 0 unspecified atom stereocenters. The SMILES string of the molecule is CCCCCCCCCCCCc1ccc([N+]#N)cc1S(=O)(=O)O. The second kappa shape index (κ2) is 11.2. The molecule has 1 N–H and O–H groups in total. The largest absolute Gasteiger partial charge is 0.386 e. The molecule has 0 aliphatic rings. The average Bonchev–Trinajstić information content (AvgIpc) is 2.55. The Morgan fingerprint density at radius 2 is 1.50 bits per heavy atom. The highest BCUT2D eigenvalue weighted by atomic mass is 32.2. The molecule has 0 spiro atoms. The lowest BCUT2D eigenvalue weighted by Crippen LogP contribution is -2.03. The Bertz CT molecular complexity index is 636. The van der Waals surface area contributed by atoms with Gasteiger partial charge in [-0.15, -0.1) is 0 Å². The molecular weight excluding hydrogens is 324 g/mol. The first-order valence-corrected chi connectivity index (χ1v) is 10.4. The molecule has 24 heavy (non-hydrogen) atoms. The fourth-order valence-corrected chi connectivity index (χ4v) is 3.63. The van der Waals surface area contributed by atoms with E-state index in [1.807, 2.05) is 0 Å². The zero-order valence-electron chi connectivity index (χ0n) is 14.6. The van der Waals surface area contributed by atoms with Gasteiger partial charge < -0.3 is 0 Å². The number of nitrogens with zero attached hydrogens (tertiary/aromatic N) is 2. The summed E-state index contributed by atoms with van der Waals surface area (Å²) in [6.07, 6.45) is 12.7. The van der Waals surface area contributed by atoms with Crippen LogP contribution in [0.2, 0.25) is 0 Å². The van der Waals surface area contributed by atoms with Crippen molar-refractivity contribution in [1.29, 1.82) is 5.39 Å². The van der Waals surface area contributed by atoms with E-state index in [2.05, 4.69) is 11.9 Å². The van der Waals surface area contributed by atoms with Gasteiger partial charge in [0.05, 0.1) is 6.07 Å². The van der Waals surface area contributed by atoms with Crippen molar-refractivity contribution < 1.29 is 13.0 Å². The maximum Gasteiger partial charge on any atom is 0.386 e. The van der Waals surface area contributed by atoms with Gasteiger partial charge in [-0.2, -0.15) is 8.42 Å². The molecule has 0 atom stereocenters. The number of aryl methyl sites for hydroxylation is 1. The third kappa shape index (κ3) is 7.89. The Balaban J connectivity index is 2.32. The topological polar surface area (TPSA) is 82.5 Å². The molecule has 0 saturated carbocycles. The van der Waals surface area contributed by atoms with Crippen LogP contribution in [0, 0.1) is 5.39 Å². The third-order valence-corrected chi connectivity index (χ3v) is 5.18. The lowest BCUT2D eigenvalue weighted by Gasteiger charge is -2.06. The molecule has 0 fully saturated rings. The van der Waals surface area contributed by atoms with Crippen LogP contribution in [0.15, 0.2) is 23.1 Å². The van der Waals surface area contributed by atoms with Gasteiger partial charge in [0.15, 0.2) is 4.98 Å². The number of rotatable bonds is 12. The first kappa shape index (κ1) is 20.6. The van der Waals surface area contributed by atoms with Gasteiger partial charge in [-0.1, -0.05) is 64.7 Å². The average molecular weight is 354 g/mol. The van der Waals surface area contributed by atoms with Crippen molar-refractivity contribution in [2.75, 3.05) is 0 Å². The molecule has 0 heterocycles. The van der Waals surface area contributed by atoms with Crippen LogP contribution in [0.5, 0.6) is 0 Å². The van der Waals surface area contributed by atoms with Gasteiger partial charge >= 0.3 is 5.69 Å². The van der Waals surface area contributed by atoms with Crippen LogP contribution in [-0.2, 0) is 16.5 Å². The normalized spacial score (nSPS) is 11.4. The molecule has 0 aromatic heterocycles. The molecule has 6 heteroatoms. The summed E-state index contributed by atoms with van der Waals surface area (Å²) >= 11 is 0. The van der Waals surface area contributed by atoms with Gasteiger partial charge in [-0.3, -0.25) is 4.55 Å². The molecule has 0 aliphatic carbocycles. The summed E-state index contributed by atoms with van der Waals surface area (Å²) in [6, 6.07) is 4.34. The van der Waals surface area contributed by atoms with E-state index in [0.29, 0.717) is 12.0 Å². The van der Waals surface area contributed by atoms with Gasteiger partial charge in [0.1, 0.15) is 4.90 Å². The van der Waals surface area contributed by atoms with Crippen molar-refractivity contribution in [2.24, 2.45) is 0 Å². The predicted molar refractivity (Wildman–Crippen MR) is 96.5 cm³/mol. The minimum atomic E-state index is -4.30. The van der Waals surface area contributed by atoms with Gasteiger partial charge in [0, 0.05) is 6.07 Å². The second-order valence-corrected chi connectivity index (χ2v) is 7.69. The number of benzene rings is 1. The smallest absolute Gasteiger partial charge is 0.282 e. The fourth-order valence-electron chi connectivity index (χ4n) is 2.85. The summed E-state index contributed by atoms with van der Waals surface area (Å²) in [6.45, 7) is 2.22. The number of unbranched alkanes of at least 4 members (excludes halogenated alkanes) is 9. The minimum absolute atomic E-state index is 0.120. The fraction of sp³-hybridized carbons (Fsp3) is 0.667. The first-order valence-electron chi connectivity index (χ1n) is 8.94.